The van der Waals surface area contributed by atoms with Gasteiger partial charge in [0.15, 0.2) is 0 Å². The van der Waals surface area contributed by atoms with Gasteiger partial charge >= 0.3 is 0 Å². The summed E-state index contributed by atoms with van der Waals surface area (Å²) in [6.07, 6.45) is 5.51. The fourth-order valence-corrected chi connectivity index (χ4v) is 3.05. The summed E-state index contributed by atoms with van der Waals surface area (Å²) in [6.45, 7) is 3.98. The monoisotopic (exact) mass is 375 g/mol. The molecular weight excluding hydrogens is 350 g/mol. The summed E-state index contributed by atoms with van der Waals surface area (Å²) in [6, 6.07) is 14.6. The minimum absolute atomic E-state index is 0.180. The summed E-state index contributed by atoms with van der Waals surface area (Å²) in [5.74, 6) is 6.37. The molecule has 28 heavy (non-hydrogen) atoms. The molecule has 0 bridgehead atoms. The second kappa shape index (κ2) is 10.2. The maximum Gasteiger partial charge on any atom is 0.255 e. The van der Waals surface area contributed by atoms with Gasteiger partial charge < -0.3 is 15.8 Å². The first-order chi connectivity index (χ1) is 13.7. The molecule has 1 heterocycles. The smallest absolute Gasteiger partial charge is 0.255 e. The highest BCUT2D eigenvalue weighted by molar-refractivity contribution is 6.04. The van der Waals surface area contributed by atoms with Crippen molar-refractivity contribution in [3.8, 4) is 17.6 Å². The lowest BCUT2D eigenvalue weighted by Crippen LogP contribution is -2.25. The number of ether oxygens (including phenoxy) is 1. The molecule has 0 spiro atoms. The van der Waals surface area contributed by atoms with Gasteiger partial charge in [0, 0.05) is 35.6 Å². The summed E-state index contributed by atoms with van der Waals surface area (Å²) < 4.78 is 5.79. The molecule has 0 aromatic heterocycles. The first-order valence-corrected chi connectivity index (χ1v) is 9.49. The molecule has 0 unspecified atom stereocenters. The molecule has 0 saturated carbocycles. The first-order valence-electron chi connectivity index (χ1n) is 9.49. The normalized spacial score (nSPS) is 13.9. The number of nitrogens with zero attached hydrogens (tertiary/aromatic N) is 1. The maximum absolute atomic E-state index is 12.5. The lowest BCUT2D eigenvalue weighted by atomic mass is 10.1. The third-order valence-corrected chi connectivity index (χ3v) is 4.51. The molecule has 144 valence electrons. The number of hydrogen-bond acceptors (Lipinski definition) is 4. The van der Waals surface area contributed by atoms with Gasteiger partial charge in [-0.05, 0) is 68.4 Å². The van der Waals surface area contributed by atoms with Crippen LogP contribution >= 0.6 is 0 Å². The Kier molecular flexibility index (Phi) is 7.11. The zero-order valence-corrected chi connectivity index (χ0v) is 15.9. The molecule has 0 atom stereocenters. The SMILES string of the molecule is N/C=C/C#Cc1cccc(C(=O)Nc2ccc(OCCN3CCCC3)cc2)c1. The van der Waals surface area contributed by atoms with Crippen LogP contribution in [0.25, 0.3) is 0 Å². The highest BCUT2D eigenvalue weighted by Gasteiger charge is 2.11. The molecule has 2 aromatic rings. The molecule has 3 rings (SSSR count). The predicted octanol–water partition coefficient (Wildman–Crippen LogP) is 3.24. The van der Waals surface area contributed by atoms with E-state index < -0.39 is 0 Å². The molecule has 0 aliphatic carbocycles. The van der Waals surface area contributed by atoms with Crippen LogP contribution in [0, 0.1) is 11.8 Å². The van der Waals surface area contributed by atoms with E-state index in [1.807, 2.05) is 36.4 Å². The highest BCUT2D eigenvalue weighted by atomic mass is 16.5. The van der Waals surface area contributed by atoms with Crippen molar-refractivity contribution in [3.63, 3.8) is 0 Å². The first kappa shape index (κ1) is 19.5. The van der Waals surface area contributed by atoms with E-state index in [2.05, 4.69) is 22.1 Å². The fourth-order valence-electron chi connectivity index (χ4n) is 3.05. The lowest BCUT2D eigenvalue weighted by Gasteiger charge is -2.15. The van der Waals surface area contributed by atoms with Gasteiger partial charge in [-0.1, -0.05) is 17.9 Å². The van der Waals surface area contributed by atoms with Crippen molar-refractivity contribution in [1.82, 2.24) is 4.90 Å². The summed E-state index contributed by atoms with van der Waals surface area (Å²) in [5.41, 5.74) is 7.29. The molecule has 0 radical (unpaired) electrons. The number of anilines is 1. The van der Waals surface area contributed by atoms with Crippen molar-refractivity contribution in [1.29, 1.82) is 0 Å². The van der Waals surface area contributed by atoms with Gasteiger partial charge in [0.1, 0.15) is 12.4 Å². The molecule has 1 saturated heterocycles. The highest BCUT2D eigenvalue weighted by Crippen LogP contribution is 2.17. The van der Waals surface area contributed by atoms with E-state index in [0.717, 1.165) is 23.5 Å². The Hall–Kier alpha value is -3.23. The van der Waals surface area contributed by atoms with E-state index in [1.54, 1.807) is 18.2 Å². The Morgan fingerprint density at radius 2 is 1.96 bits per heavy atom. The number of amides is 1. The number of hydrogen-bond donors (Lipinski definition) is 2. The number of nitrogens with one attached hydrogen (secondary N) is 1. The average Bonchev–Trinajstić information content (AvgIpc) is 3.23. The maximum atomic E-state index is 12.5. The van der Waals surface area contributed by atoms with Crippen LogP contribution in [-0.2, 0) is 0 Å². The van der Waals surface area contributed by atoms with Crippen molar-refractivity contribution in [3.05, 3.63) is 71.9 Å². The van der Waals surface area contributed by atoms with Crippen molar-refractivity contribution < 1.29 is 9.53 Å². The molecule has 1 aliphatic heterocycles. The number of rotatable bonds is 6. The molecule has 5 heteroatoms. The Balaban J connectivity index is 1.52. The summed E-state index contributed by atoms with van der Waals surface area (Å²) in [4.78, 5) is 14.9. The number of allylic oxidation sites excluding steroid dienone is 1. The van der Waals surface area contributed by atoms with Crippen molar-refractivity contribution in [2.45, 2.75) is 12.8 Å². The van der Waals surface area contributed by atoms with Crippen LogP contribution in [0.3, 0.4) is 0 Å². The van der Waals surface area contributed by atoms with Gasteiger partial charge in [0.05, 0.1) is 0 Å². The van der Waals surface area contributed by atoms with Crippen LogP contribution in [-0.4, -0.2) is 37.0 Å². The predicted molar refractivity (Wildman–Crippen MR) is 112 cm³/mol. The molecule has 3 N–H and O–H groups in total. The van der Waals surface area contributed by atoms with E-state index >= 15 is 0 Å². The topological polar surface area (TPSA) is 67.6 Å². The second-order valence-corrected chi connectivity index (χ2v) is 6.58. The third kappa shape index (κ3) is 5.90. The van der Waals surface area contributed by atoms with Crippen molar-refractivity contribution in [2.24, 2.45) is 5.73 Å². The van der Waals surface area contributed by atoms with Gasteiger partial charge in [0.2, 0.25) is 0 Å². The van der Waals surface area contributed by atoms with Crippen molar-refractivity contribution in [2.75, 3.05) is 31.6 Å². The van der Waals surface area contributed by atoms with Crippen LogP contribution < -0.4 is 15.8 Å². The molecule has 1 aliphatic rings. The fraction of sp³-hybridized carbons (Fsp3) is 0.261. The third-order valence-electron chi connectivity index (χ3n) is 4.51. The van der Waals surface area contributed by atoms with Crippen LogP contribution in [0.1, 0.15) is 28.8 Å². The lowest BCUT2D eigenvalue weighted by molar-refractivity contribution is 0.102. The Morgan fingerprint density at radius 3 is 2.71 bits per heavy atom. The quantitative estimate of drug-likeness (QED) is 0.761. The van der Waals surface area contributed by atoms with E-state index in [9.17, 15) is 4.79 Å². The van der Waals surface area contributed by atoms with Gasteiger partial charge in [-0.25, -0.2) is 0 Å². The molecule has 1 amide bonds. The number of nitrogens with two attached hydrogens (primary N) is 1. The zero-order chi connectivity index (χ0) is 19.6. The second-order valence-electron chi connectivity index (χ2n) is 6.58. The van der Waals surface area contributed by atoms with Gasteiger partial charge in [-0.15, -0.1) is 0 Å². The molecule has 2 aromatic carbocycles. The Bertz CT molecular complexity index is 873. The number of likely N-dealkylation sites (tertiary alicyclic amines) is 1. The van der Waals surface area contributed by atoms with Crippen LogP contribution in [0.4, 0.5) is 5.69 Å². The summed E-state index contributed by atoms with van der Waals surface area (Å²) in [7, 11) is 0. The Labute approximate surface area is 166 Å². The zero-order valence-electron chi connectivity index (χ0n) is 15.9. The largest absolute Gasteiger partial charge is 0.492 e. The van der Waals surface area contributed by atoms with Gasteiger partial charge in [0.25, 0.3) is 5.91 Å². The minimum atomic E-state index is -0.180. The van der Waals surface area contributed by atoms with Crippen molar-refractivity contribution >= 4 is 11.6 Å². The van der Waals surface area contributed by atoms with Gasteiger partial charge in [-0.3, -0.25) is 9.69 Å². The summed E-state index contributed by atoms with van der Waals surface area (Å²) in [5, 5.41) is 2.90. The van der Waals surface area contributed by atoms with Crippen LogP contribution in [0.15, 0.2) is 60.8 Å². The van der Waals surface area contributed by atoms with Crippen LogP contribution in [0.2, 0.25) is 0 Å². The van der Waals surface area contributed by atoms with E-state index in [-0.39, 0.29) is 5.91 Å². The van der Waals surface area contributed by atoms with Crippen LogP contribution in [0.5, 0.6) is 5.75 Å². The van der Waals surface area contributed by atoms with Gasteiger partial charge in [-0.2, -0.15) is 0 Å². The molecular formula is C23H25N3O2. The summed E-state index contributed by atoms with van der Waals surface area (Å²) >= 11 is 0. The number of benzene rings is 2. The average molecular weight is 375 g/mol. The Morgan fingerprint density at radius 1 is 1.18 bits per heavy atom. The molecule has 5 nitrogen and oxygen atoms in total. The number of carbonyl (C=O) groups is 1. The standard InChI is InChI=1S/C23H25N3O2/c24-13-2-1-6-19-7-5-8-20(18-19)23(27)25-21-9-11-22(12-10-21)28-17-16-26-14-3-4-15-26/h2,5,7-13,18H,3-4,14-17,24H2,(H,25,27)/b13-2+. The van der Waals surface area contributed by atoms with E-state index in [0.29, 0.717) is 12.2 Å². The number of carbonyl (C=O) groups excluding carboxylic acids is 1. The minimum Gasteiger partial charge on any atom is -0.492 e. The van der Waals surface area contributed by atoms with E-state index in [1.165, 1.54) is 32.1 Å². The van der Waals surface area contributed by atoms with E-state index in [4.69, 9.17) is 10.5 Å². The molecule has 1 fully saturated rings.